The number of amidine groups is 1. The molecule has 1 aliphatic rings. The summed E-state index contributed by atoms with van der Waals surface area (Å²) in [6, 6.07) is 12.1. The van der Waals surface area contributed by atoms with Crippen LogP contribution in [0.2, 0.25) is 0 Å². The van der Waals surface area contributed by atoms with E-state index in [0.29, 0.717) is 19.7 Å². The molecule has 0 radical (unpaired) electrons. The van der Waals surface area contributed by atoms with Crippen molar-refractivity contribution in [1.82, 2.24) is 14.5 Å². The average Bonchev–Trinajstić information content (AvgIpc) is 3.18. The van der Waals surface area contributed by atoms with E-state index in [9.17, 15) is 9.00 Å². The first-order valence-electron chi connectivity index (χ1n) is 11.7. The number of carbonyl (C=O) groups excluding carboxylic acids is 1. The van der Waals surface area contributed by atoms with E-state index in [0.717, 1.165) is 39.7 Å². The first-order valence-corrected chi connectivity index (χ1v) is 12.8. The number of likely N-dealkylation sites (N-methyl/N-ethyl adjacent to an activating group) is 2. The van der Waals surface area contributed by atoms with Gasteiger partial charge in [-0.2, -0.15) is 0 Å². The number of amides is 1. The third-order valence-electron chi connectivity index (χ3n) is 6.11. The molecule has 8 nitrogen and oxygen atoms in total. The lowest BCUT2D eigenvalue weighted by Gasteiger charge is -2.19. The number of benzene rings is 2. The second kappa shape index (κ2) is 12.3. The third-order valence-corrected chi connectivity index (χ3v) is 7.85. The van der Waals surface area contributed by atoms with Crippen molar-refractivity contribution < 1.29 is 18.5 Å². The molecule has 0 spiro atoms. The molecule has 190 valence electrons. The van der Waals surface area contributed by atoms with Gasteiger partial charge in [0.25, 0.3) is 0 Å². The number of nitrogens with zero attached hydrogens (tertiary/aromatic N) is 3. The third kappa shape index (κ3) is 7.13. The molecule has 2 aromatic carbocycles. The summed E-state index contributed by atoms with van der Waals surface area (Å²) in [6.07, 6.45) is 0. The highest BCUT2D eigenvalue weighted by molar-refractivity contribution is 7.82. The number of hydrogen-bond donors (Lipinski definition) is 1. The van der Waals surface area contributed by atoms with E-state index in [1.54, 1.807) is 18.5 Å². The molecular weight excluding hydrogens is 464 g/mol. The lowest BCUT2D eigenvalue weighted by atomic mass is 10.1. The largest absolute Gasteiger partial charge is 0.497 e. The van der Waals surface area contributed by atoms with Gasteiger partial charge in [0.15, 0.2) is 0 Å². The maximum atomic E-state index is 13.0. The number of carbonyl (C=O) groups is 1. The minimum atomic E-state index is -1.32. The van der Waals surface area contributed by atoms with Crippen molar-refractivity contribution in [3.05, 3.63) is 58.7 Å². The Balaban J connectivity index is 1.38. The smallest absolute Gasteiger partial charge is 0.246 e. The van der Waals surface area contributed by atoms with E-state index in [1.165, 1.54) is 5.56 Å². The molecular formula is C26H36N4O4S. The molecule has 2 atom stereocenters. The van der Waals surface area contributed by atoms with Crippen molar-refractivity contribution in [2.45, 2.75) is 38.3 Å². The van der Waals surface area contributed by atoms with E-state index in [-0.39, 0.29) is 18.6 Å². The Morgan fingerprint density at radius 1 is 1.20 bits per heavy atom. The highest BCUT2D eigenvalue weighted by atomic mass is 32.2. The number of aliphatic imine (C=N–C) groups is 1. The summed E-state index contributed by atoms with van der Waals surface area (Å²) in [5.41, 5.74) is 4.03. The lowest BCUT2D eigenvalue weighted by Crippen LogP contribution is -2.30. The Morgan fingerprint density at radius 3 is 2.43 bits per heavy atom. The van der Waals surface area contributed by atoms with Crippen LogP contribution in [0.25, 0.3) is 0 Å². The fraction of sp³-hybridized carbons (Fsp3) is 0.462. The van der Waals surface area contributed by atoms with Gasteiger partial charge in [-0.15, -0.1) is 0 Å². The number of nitrogens with one attached hydrogen (secondary N) is 1. The van der Waals surface area contributed by atoms with Crippen molar-refractivity contribution in [2.75, 3.05) is 47.5 Å². The maximum absolute atomic E-state index is 13.0. The molecule has 0 bridgehead atoms. The molecule has 2 aromatic rings. The van der Waals surface area contributed by atoms with Gasteiger partial charge >= 0.3 is 0 Å². The zero-order valence-corrected chi connectivity index (χ0v) is 22.3. The second-order valence-electron chi connectivity index (χ2n) is 8.83. The lowest BCUT2D eigenvalue weighted by molar-refractivity contribution is -0.125. The highest BCUT2D eigenvalue weighted by Gasteiger charge is 2.20. The van der Waals surface area contributed by atoms with E-state index >= 15 is 0 Å². The van der Waals surface area contributed by atoms with Crippen molar-refractivity contribution in [3.63, 3.8) is 0 Å². The van der Waals surface area contributed by atoms with Gasteiger partial charge in [0, 0.05) is 33.7 Å². The van der Waals surface area contributed by atoms with Crippen LogP contribution in [0.1, 0.15) is 35.2 Å². The topological polar surface area (TPSA) is 83.5 Å². The number of aryl methyl sites for hydroxylation is 2. The van der Waals surface area contributed by atoms with Crippen LogP contribution in [-0.2, 0) is 27.1 Å². The van der Waals surface area contributed by atoms with Gasteiger partial charge in [-0.25, -0.2) is 8.51 Å². The fourth-order valence-corrected chi connectivity index (χ4v) is 5.17. The molecule has 1 aliphatic heterocycles. The summed E-state index contributed by atoms with van der Waals surface area (Å²) in [4.78, 5) is 19.8. The fourth-order valence-electron chi connectivity index (χ4n) is 3.95. The first kappa shape index (κ1) is 26.8. The molecule has 9 heteroatoms. The second-order valence-corrected chi connectivity index (χ2v) is 10.4. The van der Waals surface area contributed by atoms with E-state index in [1.807, 2.05) is 52.1 Å². The zero-order chi connectivity index (χ0) is 25.5. The Hall–Kier alpha value is -2.75. The highest BCUT2D eigenvalue weighted by Crippen LogP contribution is 2.26. The first-order chi connectivity index (χ1) is 16.7. The van der Waals surface area contributed by atoms with Crippen LogP contribution in [-0.4, -0.2) is 72.7 Å². The van der Waals surface area contributed by atoms with Gasteiger partial charge in [0.1, 0.15) is 23.3 Å². The van der Waals surface area contributed by atoms with Crippen molar-refractivity contribution in [3.8, 4) is 5.75 Å². The predicted molar refractivity (Wildman–Crippen MR) is 139 cm³/mol. The summed E-state index contributed by atoms with van der Waals surface area (Å²) in [6.45, 7) is 7.89. The molecule has 2 unspecified atom stereocenters. The van der Waals surface area contributed by atoms with Gasteiger partial charge < -0.3 is 19.7 Å². The summed E-state index contributed by atoms with van der Waals surface area (Å²) in [5, 5.41) is 2.88. The van der Waals surface area contributed by atoms with Crippen LogP contribution in [0.5, 0.6) is 5.75 Å². The van der Waals surface area contributed by atoms with Gasteiger partial charge in [0.2, 0.25) is 5.91 Å². The van der Waals surface area contributed by atoms with E-state index < -0.39 is 11.0 Å². The van der Waals surface area contributed by atoms with Crippen LogP contribution >= 0.6 is 0 Å². The molecule has 0 saturated heterocycles. The normalized spacial score (nSPS) is 16.4. The van der Waals surface area contributed by atoms with Crippen LogP contribution in [0.4, 0.5) is 0 Å². The van der Waals surface area contributed by atoms with Gasteiger partial charge in [-0.3, -0.25) is 9.79 Å². The van der Waals surface area contributed by atoms with Gasteiger partial charge in [0.05, 0.1) is 30.5 Å². The number of hydrogen-bond acceptors (Lipinski definition) is 6. The molecule has 0 aromatic heterocycles. The molecule has 35 heavy (non-hydrogen) atoms. The summed E-state index contributed by atoms with van der Waals surface area (Å²) < 4.78 is 25.5. The Kier molecular flexibility index (Phi) is 9.42. The maximum Gasteiger partial charge on any atom is 0.246 e. The zero-order valence-electron chi connectivity index (χ0n) is 21.5. The quantitative estimate of drug-likeness (QED) is 0.480. The Morgan fingerprint density at radius 2 is 1.86 bits per heavy atom. The molecule has 0 saturated carbocycles. The van der Waals surface area contributed by atoms with Crippen molar-refractivity contribution >= 4 is 22.7 Å². The molecule has 1 heterocycles. The SMILES string of the molecule is COc1cc(C)c(S(=O)N(C)CCOCC(=O)NCc2ccc(C3CN(C)C(C)=N3)cc2)c(C)c1. The van der Waals surface area contributed by atoms with E-state index in [2.05, 4.69) is 27.3 Å². The Bertz CT molecular complexity index is 1060. The monoisotopic (exact) mass is 500 g/mol. The molecule has 0 aliphatic carbocycles. The predicted octanol–water partition coefficient (Wildman–Crippen LogP) is 3.00. The summed E-state index contributed by atoms with van der Waals surface area (Å²) >= 11 is 0. The van der Waals surface area contributed by atoms with Crippen LogP contribution < -0.4 is 10.1 Å². The van der Waals surface area contributed by atoms with Crippen LogP contribution in [0.3, 0.4) is 0 Å². The van der Waals surface area contributed by atoms with Crippen molar-refractivity contribution in [2.24, 2.45) is 4.99 Å². The molecule has 3 rings (SSSR count). The van der Waals surface area contributed by atoms with Gasteiger partial charge in [-0.05, 0) is 55.2 Å². The Labute approximate surface area is 210 Å². The summed E-state index contributed by atoms with van der Waals surface area (Å²) in [5.74, 6) is 1.62. The van der Waals surface area contributed by atoms with E-state index in [4.69, 9.17) is 9.47 Å². The number of methoxy groups -OCH3 is 1. The minimum absolute atomic E-state index is 0.0401. The van der Waals surface area contributed by atoms with Gasteiger partial charge in [-0.1, -0.05) is 24.3 Å². The van der Waals surface area contributed by atoms with Crippen molar-refractivity contribution in [1.29, 1.82) is 0 Å². The van der Waals surface area contributed by atoms with Crippen LogP contribution in [0.15, 0.2) is 46.3 Å². The van der Waals surface area contributed by atoms with Crippen LogP contribution in [0, 0.1) is 13.8 Å². The standard InChI is InChI=1S/C26H36N4O4S/c1-18-13-23(33-6)14-19(2)26(18)35(32)30(5)11-12-34-17-25(31)27-15-21-7-9-22(10-8-21)24-16-29(4)20(3)28-24/h7-10,13-14,24H,11-12,15-17H2,1-6H3,(H,27,31). The summed E-state index contributed by atoms with van der Waals surface area (Å²) in [7, 11) is 4.12. The molecule has 0 fully saturated rings. The molecule has 1 N–H and O–H groups in total. The average molecular weight is 501 g/mol. The number of ether oxygens (including phenoxy) is 2. The minimum Gasteiger partial charge on any atom is -0.497 e. The number of rotatable bonds is 11. The molecule has 1 amide bonds.